The zero-order valence-electron chi connectivity index (χ0n) is 11.5. The van der Waals surface area contributed by atoms with Crippen LogP contribution in [0.5, 0.6) is 0 Å². The molecule has 0 aromatic carbocycles. The number of hydrogen-bond donors (Lipinski definition) is 0. The van der Waals surface area contributed by atoms with Crippen LogP contribution < -0.4 is 5.69 Å². The average molecular weight is 253 g/mol. The Morgan fingerprint density at radius 1 is 1.39 bits per heavy atom. The summed E-state index contributed by atoms with van der Waals surface area (Å²) < 4.78 is 9.21. The summed E-state index contributed by atoms with van der Waals surface area (Å²) in [7, 11) is 0. The van der Waals surface area contributed by atoms with Gasteiger partial charge in [-0.1, -0.05) is 0 Å². The molecule has 0 saturated carbocycles. The molecule has 1 aromatic rings. The van der Waals surface area contributed by atoms with Gasteiger partial charge in [0.15, 0.2) is 0 Å². The van der Waals surface area contributed by atoms with E-state index < -0.39 is 0 Å². The second kappa shape index (κ2) is 5.71. The maximum Gasteiger partial charge on any atom is 0.328 e. The van der Waals surface area contributed by atoms with Crippen molar-refractivity contribution in [2.24, 2.45) is 0 Å². The molecule has 0 radical (unpaired) electrons. The van der Waals surface area contributed by atoms with Crippen LogP contribution in [0.1, 0.15) is 20.8 Å². The zero-order chi connectivity index (χ0) is 13.1. The number of nitrogens with zero attached hydrogens (tertiary/aromatic N) is 3. The molecule has 0 spiro atoms. The molecule has 1 saturated heterocycles. The maximum atomic E-state index is 11.9. The van der Waals surface area contributed by atoms with Gasteiger partial charge in [0.25, 0.3) is 0 Å². The van der Waals surface area contributed by atoms with E-state index in [1.54, 1.807) is 9.13 Å². The molecule has 102 valence electrons. The standard InChI is InChI=1S/C13H23N3O2/c1-4-14-5-6-16(13(14)17)10-12-9-15(11(2)3)7-8-18-12/h5-6,11-12H,4,7-10H2,1-3H3. The lowest BCUT2D eigenvalue weighted by Crippen LogP contribution is -2.47. The second-order valence-corrected chi connectivity index (χ2v) is 5.10. The highest BCUT2D eigenvalue weighted by molar-refractivity contribution is 4.84. The summed E-state index contributed by atoms with van der Waals surface area (Å²) in [6.07, 6.45) is 3.81. The summed E-state index contributed by atoms with van der Waals surface area (Å²) in [5.41, 5.74) is 0.0581. The lowest BCUT2D eigenvalue weighted by atomic mass is 10.2. The maximum absolute atomic E-state index is 11.9. The smallest absolute Gasteiger partial charge is 0.328 e. The molecule has 2 rings (SSSR count). The number of rotatable bonds is 4. The Labute approximate surface area is 108 Å². The van der Waals surface area contributed by atoms with Crippen LogP contribution in [0.15, 0.2) is 17.2 Å². The van der Waals surface area contributed by atoms with Gasteiger partial charge in [-0.2, -0.15) is 0 Å². The van der Waals surface area contributed by atoms with Crippen LogP contribution in [0, 0.1) is 0 Å². The number of aryl methyl sites for hydroxylation is 1. The van der Waals surface area contributed by atoms with E-state index in [9.17, 15) is 4.79 Å². The summed E-state index contributed by atoms with van der Waals surface area (Å²) in [5.74, 6) is 0. The lowest BCUT2D eigenvalue weighted by Gasteiger charge is -2.35. The molecule has 1 aliphatic heterocycles. The fourth-order valence-corrected chi connectivity index (χ4v) is 2.37. The molecule has 0 aliphatic carbocycles. The molecule has 0 amide bonds. The predicted octanol–water partition coefficient (Wildman–Crippen LogP) is 0.779. The molecule has 18 heavy (non-hydrogen) atoms. The first-order chi connectivity index (χ1) is 8.61. The highest BCUT2D eigenvalue weighted by atomic mass is 16.5. The van der Waals surface area contributed by atoms with Gasteiger partial charge in [-0.15, -0.1) is 0 Å². The summed E-state index contributed by atoms with van der Waals surface area (Å²) >= 11 is 0. The van der Waals surface area contributed by atoms with Crippen molar-refractivity contribution in [2.75, 3.05) is 19.7 Å². The minimum atomic E-state index is 0.0581. The first kappa shape index (κ1) is 13.4. The first-order valence-electron chi connectivity index (χ1n) is 6.73. The van der Waals surface area contributed by atoms with Gasteiger partial charge in [0.1, 0.15) is 0 Å². The molecule has 1 fully saturated rings. The van der Waals surface area contributed by atoms with E-state index in [0.717, 1.165) is 26.2 Å². The third kappa shape index (κ3) is 2.84. The number of hydrogen-bond acceptors (Lipinski definition) is 3. The SMILES string of the molecule is CCn1ccn(CC2CN(C(C)C)CCO2)c1=O. The number of ether oxygens (including phenoxy) is 1. The van der Waals surface area contributed by atoms with Crippen LogP contribution in [-0.4, -0.2) is 45.9 Å². The molecular weight excluding hydrogens is 230 g/mol. The molecular formula is C13H23N3O2. The van der Waals surface area contributed by atoms with Crippen molar-refractivity contribution in [3.63, 3.8) is 0 Å². The number of aromatic nitrogens is 2. The van der Waals surface area contributed by atoms with E-state index in [0.29, 0.717) is 12.6 Å². The van der Waals surface area contributed by atoms with Crippen LogP contribution in [0.4, 0.5) is 0 Å². The molecule has 5 heteroatoms. The minimum absolute atomic E-state index is 0.0581. The highest BCUT2D eigenvalue weighted by Gasteiger charge is 2.23. The summed E-state index contributed by atoms with van der Waals surface area (Å²) in [5, 5.41) is 0. The number of imidazole rings is 1. The van der Waals surface area contributed by atoms with Crippen molar-refractivity contribution in [1.29, 1.82) is 0 Å². The summed E-state index contributed by atoms with van der Waals surface area (Å²) in [6, 6.07) is 0.536. The Kier molecular flexibility index (Phi) is 4.24. The molecule has 5 nitrogen and oxygen atoms in total. The van der Waals surface area contributed by atoms with E-state index in [1.165, 1.54) is 0 Å². The third-order valence-electron chi connectivity index (χ3n) is 3.56. The van der Waals surface area contributed by atoms with Gasteiger partial charge in [-0.25, -0.2) is 4.79 Å². The fourth-order valence-electron chi connectivity index (χ4n) is 2.37. The van der Waals surface area contributed by atoms with Crippen LogP contribution in [0.25, 0.3) is 0 Å². The van der Waals surface area contributed by atoms with Gasteiger partial charge in [0, 0.05) is 38.1 Å². The third-order valence-corrected chi connectivity index (χ3v) is 3.56. The van der Waals surface area contributed by atoms with Gasteiger partial charge in [-0.05, 0) is 20.8 Å². The Bertz CT molecular complexity index is 436. The molecule has 2 heterocycles. The summed E-state index contributed by atoms with van der Waals surface area (Å²) in [4.78, 5) is 14.3. The quantitative estimate of drug-likeness (QED) is 0.796. The molecule has 0 bridgehead atoms. The van der Waals surface area contributed by atoms with Crippen molar-refractivity contribution in [3.05, 3.63) is 22.9 Å². The number of morpholine rings is 1. The Morgan fingerprint density at radius 3 is 2.72 bits per heavy atom. The van der Waals surface area contributed by atoms with E-state index >= 15 is 0 Å². The van der Waals surface area contributed by atoms with Gasteiger partial charge < -0.3 is 4.74 Å². The summed E-state index contributed by atoms with van der Waals surface area (Å²) in [6.45, 7) is 10.4. The molecule has 1 aromatic heterocycles. The van der Waals surface area contributed by atoms with Gasteiger partial charge >= 0.3 is 5.69 Å². The van der Waals surface area contributed by atoms with Crippen LogP contribution >= 0.6 is 0 Å². The lowest BCUT2D eigenvalue weighted by molar-refractivity contribution is -0.0460. The Hall–Kier alpha value is -1.07. The van der Waals surface area contributed by atoms with E-state index in [4.69, 9.17) is 4.74 Å². The van der Waals surface area contributed by atoms with E-state index in [1.807, 2.05) is 19.3 Å². The fraction of sp³-hybridized carbons (Fsp3) is 0.769. The van der Waals surface area contributed by atoms with Crippen molar-refractivity contribution >= 4 is 0 Å². The monoisotopic (exact) mass is 253 g/mol. The van der Waals surface area contributed by atoms with Gasteiger partial charge in [-0.3, -0.25) is 14.0 Å². The van der Waals surface area contributed by atoms with Gasteiger partial charge in [0.2, 0.25) is 0 Å². The topological polar surface area (TPSA) is 39.4 Å². The van der Waals surface area contributed by atoms with E-state index in [2.05, 4.69) is 18.7 Å². The zero-order valence-corrected chi connectivity index (χ0v) is 11.5. The highest BCUT2D eigenvalue weighted by Crippen LogP contribution is 2.09. The van der Waals surface area contributed by atoms with Crippen LogP contribution in [0.3, 0.4) is 0 Å². The largest absolute Gasteiger partial charge is 0.374 e. The van der Waals surface area contributed by atoms with Crippen molar-refractivity contribution in [1.82, 2.24) is 14.0 Å². The average Bonchev–Trinajstić information content (AvgIpc) is 2.71. The predicted molar refractivity (Wildman–Crippen MR) is 70.8 cm³/mol. The normalized spacial score (nSPS) is 21.7. The van der Waals surface area contributed by atoms with Crippen molar-refractivity contribution in [2.45, 2.75) is 46.0 Å². The van der Waals surface area contributed by atoms with Crippen molar-refractivity contribution < 1.29 is 4.74 Å². The Morgan fingerprint density at radius 2 is 2.11 bits per heavy atom. The van der Waals surface area contributed by atoms with E-state index in [-0.39, 0.29) is 11.8 Å². The van der Waals surface area contributed by atoms with Crippen molar-refractivity contribution in [3.8, 4) is 0 Å². The van der Waals surface area contributed by atoms with Crippen LogP contribution in [0.2, 0.25) is 0 Å². The van der Waals surface area contributed by atoms with Gasteiger partial charge in [0.05, 0.1) is 19.3 Å². The molecule has 1 atom stereocenters. The molecule has 1 aliphatic rings. The molecule has 0 N–H and O–H groups in total. The molecule has 1 unspecified atom stereocenters. The first-order valence-corrected chi connectivity index (χ1v) is 6.73. The minimum Gasteiger partial charge on any atom is -0.374 e. The Balaban J connectivity index is 2.00. The second-order valence-electron chi connectivity index (χ2n) is 5.10. The van der Waals surface area contributed by atoms with Crippen LogP contribution in [-0.2, 0) is 17.8 Å².